The summed E-state index contributed by atoms with van der Waals surface area (Å²) in [6.07, 6.45) is 0. The topological polar surface area (TPSA) is 46.2 Å². The van der Waals surface area contributed by atoms with Crippen molar-refractivity contribution in [1.82, 2.24) is 0 Å². The normalized spacial score (nSPS) is 15.6. The summed E-state index contributed by atoms with van der Waals surface area (Å²) < 4.78 is 0. The van der Waals surface area contributed by atoms with E-state index in [2.05, 4.69) is 0 Å². The molecule has 0 heterocycles. The van der Waals surface area contributed by atoms with Gasteiger partial charge in [-0.05, 0) is 11.5 Å². The molecule has 2 heteroatoms. The van der Waals surface area contributed by atoms with Gasteiger partial charge < -0.3 is 10.8 Å². The van der Waals surface area contributed by atoms with Gasteiger partial charge in [-0.1, -0.05) is 37.3 Å². The van der Waals surface area contributed by atoms with Gasteiger partial charge in [-0.15, -0.1) is 0 Å². The molecular formula is C10H15NO. The van der Waals surface area contributed by atoms with Crippen LogP contribution in [0.5, 0.6) is 0 Å². The Morgan fingerprint density at radius 2 is 1.92 bits per heavy atom. The van der Waals surface area contributed by atoms with Crippen LogP contribution in [0.15, 0.2) is 30.3 Å². The smallest absolute Gasteiger partial charge is 0.0474 e. The fourth-order valence-electron chi connectivity index (χ4n) is 1.12. The van der Waals surface area contributed by atoms with Gasteiger partial charge in [-0.3, -0.25) is 0 Å². The third kappa shape index (κ3) is 2.06. The van der Waals surface area contributed by atoms with E-state index in [0.717, 1.165) is 5.56 Å². The minimum atomic E-state index is -0.0591. The highest BCUT2D eigenvalue weighted by Crippen LogP contribution is 2.17. The van der Waals surface area contributed by atoms with Gasteiger partial charge in [0.1, 0.15) is 0 Å². The first-order chi connectivity index (χ1) is 5.75. The second kappa shape index (κ2) is 4.24. The van der Waals surface area contributed by atoms with Crippen LogP contribution in [0.2, 0.25) is 0 Å². The Morgan fingerprint density at radius 3 is 2.42 bits per heavy atom. The van der Waals surface area contributed by atoms with E-state index in [1.54, 1.807) is 0 Å². The maximum Gasteiger partial charge on any atom is 0.0474 e. The summed E-state index contributed by atoms with van der Waals surface area (Å²) in [6.45, 7) is 2.08. The quantitative estimate of drug-likeness (QED) is 0.709. The van der Waals surface area contributed by atoms with Gasteiger partial charge in [0, 0.05) is 12.6 Å². The molecule has 0 aliphatic rings. The molecule has 0 radical (unpaired) electrons. The highest BCUT2D eigenvalue weighted by molar-refractivity contribution is 5.18. The van der Waals surface area contributed by atoms with E-state index in [9.17, 15) is 0 Å². The SMILES string of the molecule is C[C@H](CO)[C@H](N)c1ccccc1. The number of benzene rings is 1. The van der Waals surface area contributed by atoms with Crippen molar-refractivity contribution in [3.63, 3.8) is 0 Å². The van der Waals surface area contributed by atoms with Gasteiger partial charge >= 0.3 is 0 Å². The summed E-state index contributed by atoms with van der Waals surface area (Å²) >= 11 is 0. The van der Waals surface area contributed by atoms with E-state index in [0.29, 0.717) is 0 Å². The lowest BCUT2D eigenvalue weighted by molar-refractivity contribution is 0.217. The Morgan fingerprint density at radius 1 is 1.33 bits per heavy atom. The molecule has 3 N–H and O–H groups in total. The number of hydrogen-bond donors (Lipinski definition) is 2. The number of rotatable bonds is 3. The van der Waals surface area contributed by atoms with E-state index in [1.807, 2.05) is 37.3 Å². The average Bonchev–Trinajstić information content (AvgIpc) is 2.17. The van der Waals surface area contributed by atoms with Gasteiger partial charge in [-0.2, -0.15) is 0 Å². The number of aliphatic hydroxyl groups is 1. The predicted octanol–water partition coefficient (Wildman–Crippen LogP) is 1.31. The maximum absolute atomic E-state index is 8.89. The summed E-state index contributed by atoms with van der Waals surface area (Å²) in [6, 6.07) is 9.78. The molecule has 0 unspecified atom stereocenters. The van der Waals surface area contributed by atoms with Crippen LogP contribution in [-0.2, 0) is 0 Å². The molecule has 0 aromatic heterocycles. The molecule has 0 fully saturated rings. The first-order valence-corrected chi connectivity index (χ1v) is 4.17. The molecule has 0 amide bonds. The molecule has 0 spiro atoms. The van der Waals surface area contributed by atoms with Crippen LogP contribution in [-0.4, -0.2) is 11.7 Å². The third-order valence-corrected chi connectivity index (χ3v) is 2.09. The maximum atomic E-state index is 8.89. The van der Waals surface area contributed by atoms with Gasteiger partial charge in [-0.25, -0.2) is 0 Å². The highest BCUT2D eigenvalue weighted by atomic mass is 16.3. The zero-order valence-electron chi connectivity index (χ0n) is 7.27. The molecule has 0 bridgehead atoms. The van der Waals surface area contributed by atoms with Crippen molar-refractivity contribution in [2.75, 3.05) is 6.61 Å². The van der Waals surface area contributed by atoms with Crippen molar-refractivity contribution in [3.05, 3.63) is 35.9 Å². The van der Waals surface area contributed by atoms with Crippen molar-refractivity contribution < 1.29 is 5.11 Å². The van der Waals surface area contributed by atoms with E-state index in [-0.39, 0.29) is 18.6 Å². The largest absolute Gasteiger partial charge is 0.396 e. The van der Waals surface area contributed by atoms with Crippen molar-refractivity contribution in [2.45, 2.75) is 13.0 Å². The molecule has 2 nitrogen and oxygen atoms in total. The molecule has 0 aliphatic heterocycles. The Hall–Kier alpha value is -0.860. The molecular weight excluding hydrogens is 150 g/mol. The fourth-order valence-corrected chi connectivity index (χ4v) is 1.12. The van der Waals surface area contributed by atoms with Crippen LogP contribution in [0, 0.1) is 5.92 Å². The summed E-state index contributed by atoms with van der Waals surface area (Å²) in [5, 5.41) is 8.89. The van der Waals surface area contributed by atoms with Gasteiger partial charge in [0.2, 0.25) is 0 Å². The standard InChI is InChI=1S/C10H15NO/c1-8(7-12)10(11)9-5-3-2-4-6-9/h2-6,8,10,12H,7,11H2,1H3/t8-,10+/m1/s1. The summed E-state index contributed by atoms with van der Waals surface area (Å²) in [4.78, 5) is 0. The summed E-state index contributed by atoms with van der Waals surface area (Å²) in [7, 11) is 0. The van der Waals surface area contributed by atoms with Crippen molar-refractivity contribution >= 4 is 0 Å². The van der Waals surface area contributed by atoms with Crippen molar-refractivity contribution in [1.29, 1.82) is 0 Å². The van der Waals surface area contributed by atoms with Crippen LogP contribution < -0.4 is 5.73 Å². The molecule has 1 aromatic carbocycles. The minimum Gasteiger partial charge on any atom is -0.396 e. The summed E-state index contributed by atoms with van der Waals surface area (Å²) in [5.74, 6) is 0.118. The Kier molecular flexibility index (Phi) is 3.26. The lowest BCUT2D eigenvalue weighted by Gasteiger charge is -2.17. The molecule has 0 aliphatic carbocycles. The van der Waals surface area contributed by atoms with Crippen LogP contribution in [0.4, 0.5) is 0 Å². The van der Waals surface area contributed by atoms with Crippen molar-refractivity contribution in [2.24, 2.45) is 11.7 Å². The lowest BCUT2D eigenvalue weighted by Crippen LogP contribution is -2.21. The first-order valence-electron chi connectivity index (χ1n) is 4.17. The number of aliphatic hydroxyl groups excluding tert-OH is 1. The van der Waals surface area contributed by atoms with Crippen LogP contribution in [0.3, 0.4) is 0 Å². The lowest BCUT2D eigenvalue weighted by atomic mass is 9.96. The predicted molar refractivity (Wildman–Crippen MR) is 49.6 cm³/mol. The summed E-state index contributed by atoms with van der Waals surface area (Å²) in [5.41, 5.74) is 6.97. The van der Waals surface area contributed by atoms with Gasteiger partial charge in [0.15, 0.2) is 0 Å². The van der Waals surface area contributed by atoms with E-state index in [1.165, 1.54) is 0 Å². The third-order valence-electron chi connectivity index (χ3n) is 2.09. The molecule has 2 atom stereocenters. The fraction of sp³-hybridized carbons (Fsp3) is 0.400. The highest BCUT2D eigenvalue weighted by Gasteiger charge is 2.12. The first kappa shape index (κ1) is 9.23. The van der Waals surface area contributed by atoms with Crippen LogP contribution >= 0.6 is 0 Å². The second-order valence-corrected chi connectivity index (χ2v) is 3.10. The average molecular weight is 165 g/mol. The van der Waals surface area contributed by atoms with Gasteiger partial charge in [0.25, 0.3) is 0 Å². The number of nitrogens with two attached hydrogens (primary N) is 1. The Balaban J connectivity index is 2.71. The minimum absolute atomic E-state index is 0.0591. The van der Waals surface area contributed by atoms with E-state index in [4.69, 9.17) is 10.8 Å². The monoisotopic (exact) mass is 165 g/mol. The Bertz CT molecular complexity index is 223. The Labute approximate surface area is 73.0 Å². The molecule has 66 valence electrons. The van der Waals surface area contributed by atoms with Crippen LogP contribution in [0.1, 0.15) is 18.5 Å². The zero-order chi connectivity index (χ0) is 8.97. The van der Waals surface area contributed by atoms with Gasteiger partial charge in [0.05, 0.1) is 0 Å². The van der Waals surface area contributed by atoms with E-state index >= 15 is 0 Å². The van der Waals surface area contributed by atoms with Crippen molar-refractivity contribution in [3.8, 4) is 0 Å². The van der Waals surface area contributed by atoms with Crippen LogP contribution in [0.25, 0.3) is 0 Å². The van der Waals surface area contributed by atoms with E-state index < -0.39 is 0 Å². The zero-order valence-corrected chi connectivity index (χ0v) is 7.27. The molecule has 1 aromatic rings. The number of hydrogen-bond acceptors (Lipinski definition) is 2. The molecule has 0 saturated carbocycles. The second-order valence-electron chi connectivity index (χ2n) is 3.10. The molecule has 0 saturated heterocycles. The molecule has 12 heavy (non-hydrogen) atoms. The molecule has 1 rings (SSSR count).